The zero-order valence-electron chi connectivity index (χ0n) is 23.0. The molecule has 0 amide bonds. The second-order valence-corrected chi connectivity index (χ2v) is 11.0. The minimum atomic E-state index is -3.90. The van der Waals surface area contributed by atoms with E-state index in [4.69, 9.17) is 25.5 Å². The number of aromatic nitrogens is 4. The SMILES string of the molecule is COc1ccc(-c2cc(C(F)F)nn2-c2ccc(S(N)(=O)=O)cc2)cc1F.Nc1ccn([C@@H]2O[C@H](CO)[C@@H](O)C2(F)F)c(=O)n1. The molecule has 2 aromatic heterocycles. The molecule has 5 rings (SSSR count). The van der Waals surface area contributed by atoms with Crippen LogP contribution in [0.3, 0.4) is 0 Å². The van der Waals surface area contributed by atoms with Crippen LogP contribution in [-0.2, 0) is 14.8 Å². The number of rotatable bonds is 7. The van der Waals surface area contributed by atoms with Gasteiger partial charge in [-0.25, -0.2) is 36.2 Å². The van der Waals surface area contributed by atoms with Gasteiger partial charge in [0.2, 0.25) is 16.3 Å². The molecule has 1 fully saturated rings. The summed E-state index contributed by atoms with van der Waals surface area (Å²) in [7, 11) is -2.59. The standard InChI is InChI=1S/C17H14F3N3O3S.C9H11F2N3O4/c1-26-16-7-2-10(8-13(16)18)15-9-14(17(19)20)22-23(15)11-3-5-12(6-4-11)27(21,24)25;10-9(11)6(16)4(3-15)18-7(9)14-2-1-5(12)13-8(14)17/h2-9,17H,1H3,(H2,21,24,25);1-2,4,6-7,15-16H,3H2,(H2,12,13,17)/t;4-,6-,7-/m.1/s1. The summed E-state index contributed by atoms with van der Waals surface area (Å²) in [5, 5.41) is 27.0. The quantitative estimate of drug-likeness (QED) is 0.213. The Bertz CT molecular complexity index is 1840. The lowest BCUT2D eigenvalue weighted by molar-refractivity contribution is -0.140. The molecule has 0 saturated carbocycles. The zero-order chi connectivity index (χ0) is 33.3. The van der Waals surface area contributed by atoms with Crippen molar-refractivity contribution in [1.29, 1.82) is 0 Å². The molecular weight excluding hydrogens is 635 g/mol. The molecule has 0 radical (unpaired) electrons. The van der Waals surface area contributed by atoms with E-state index in [2.05, 4.69) is 10.1 Å². The third kappa shape index (κ3) is 6.96. The molecule has 13 nitrogen and oxygen atoms in total. The fourth-order valence-corrected chi connectivity index (χ4v) is 4.75. The highest BCUT2D eigenvalue weighted by molar-refractivity contribution is 7.89. The summed E-state index contributed by atoms with van der Waals surface area (Å²) >= 11 is 0. The van der Waals surface area contributed by atoms with Crippen LogP contribution in [0.15, 0.2) is 70.5 Å². The third-order valence-electron chi connectivity index (χ3n) is 6.47. The lowest BCUT2D eigenvalue weighted by Crippen LogP contribution is -2.41. The molecule has 3 heterocycles. The van der Waals surface area contributed by atoms with E-state index in [0.717, 1.165) is 24.4 Å². The molecular formula is C26H25F5N6O7S. The van der Waals surface area contributed by atoms with Gasteiger partial charge in [-0.2, -0.15) is 18.9 Å². The molecule has 19 heteroatoms. The normalized spacial score (nSPS) is 19.3. The number of nitrogen functional groups attached to an aromatic ring is 1. The van der Waals surface area contributed by atoms with Gasteiger partial charge >= 0.3 is 11.6 Å². The number of nitrogens with zero attached hydrogens (tertiary/aromatic N) is 4. The van der Waals surface area contributed by atoms with E-state index in [1.54, 1.807) is 0 Å². The number of methoxy groups -OCH3 is 1. The van der Waals surface area contributed by atoms with Gasteiger partial charge in [0, 0.05) is 11.8 Å². The Kier molecular flexibility index (Phi) is 9.59. The van der Waals surface area contributed by atoms with Gasteiger partial charge in [-0.1, -0.05) is 0 Å². The van der Waals surface area contributed by atoms with Gasteiger partial charge in [-0.05, 0) is 54.6 Å². The first-order valence-corrected chi connectivity index (χ1v) is 14.1. The molecule has 45 heavy (non-hydrogen) atoms. The number of hydrogen-bond acceptors (Lipinski definition) is 10. The van der Waals surface area contributed by atoms with Crippen LogP contribution < -0.4 is 21.3 Å². The summed E-state index contributed by atoms with van der Waals surface area (Å²) < 4.78 is 102. The van der Waals surface area contributed by atoms with Crippen molar-refractivity contribution >= 4 is 15.8 Å². The van der Waals surface area contributed by atoms with Crippen molar-refractivity contribution in [2.24, 2.45) is 5.14 Å². The van der Waals surface area contributed by atoms with Gasteiger partial charge in [0.05, 0.1) is 30.0 Å². The minimum Gasteiger partial charge on any atom is -0.494 e. The Morgan fingerprint density at radius 1 is 1.13 bits per heavy atom. The predicted molar refractivity (Wildman–Crippen MR) is 147 cm³/mol. The number of benzene rings is 2. The number of aliphatic hydroxyl groups excluding tert-OH is 2. The van der Waals surface area contributed by atoms with E-state index >= 15 is 0 Å². The number of nitrogens with two attached hydrogens (primary N) is 2. The average Bonchev–Trinajstić information content (AvgIpc) is 3.52. The maximum absolute atomic E-state index is 14.0. The van der Waals surface area contributed by atoms with Gasteiger partial charge in [0.25, 0.3) is 6.43 Å². The van der Waals surface area contributed by atoms with Crippen molar-refractivity contribution in [2.45, 2.75) is 35.7 Å². The summed E-state index contributed by atoms with van der Waals surface area (Å²) in [5.74, 6) is -4.48. The molecule has 0 bridgehead atoms. The van der Waals surface area contributed by atoms with E-state index in [1.165, 1.54) is 48.2 Å². The van der Waals surface area contributed by atoms with Crippen molar-refractivity contribution in [3.63, 3.8) is 0 Å². The van der Waals surface area contributed by atoms with Crippen LogP contribution in [0.5, 0.6) is 5.75 Å². The number of hydrogen-bond donors (Lipinski definition) is 4. The number of halogens is 5. The fraction of sp³-hybridized carbons (Fsp3) is 0.269. The first kappa shape index (κ1) is 33.5. The lowest BCUT2D eigenvalue weighted by Gasteiger charge is -2.20. The lowest BCUT2D eigenvalue weighted by atomic mass is 10.1. The van der Waals surface area contributed by atoms with Crippen LogP contribution in [0.1, 0.15) is 18.3 Å². The molecule has 0 spiro atoms. The van der Waals surface area contributed by atoms with Crippen LogP contribution in [0, 0.1) is 5.82 Å². The topological polar surface area (TPSA) is 198 Å². The molecule has 4 aromatic rings. The van der Waals surface area contributed by atoms with E-state index in [1.807, 2.05) is 0 Å². The number of primary sulfonamides is 1. The summed E-state index contributed by atoms with van der Waals surface area (Å²) in [5.41, 5.74) is 4.51. The molecule has 3 atom stereocenters. The Morgan fingerprint density at radius 3 is 2.31 bits per heavy atom. The van der Waals surface area contributed by atoms with Gasteiger partial charge < -0.3 is 25.4 Å². The Morgan fingerprint density at radius 2 is 1.80 bits per heavy atom. The highest BCUT2D eigenvalue weighted by Crippen LogP contribution is 2.42. The van der Waals surface area contributed by atoms with E-state index in [9.17, 15) is 40.3 Å². The van der Waals surface area contributed by atoms with Crippen LogP contribution in [0.2, 0.25) is 0 Å². The molecule has 1 aliphatic heterocycles. The molecule has 1 aliphatic rings. The predicted octanol–water partition coefficient (Wildman–Crippen LogP) is 1.98. The van der Waals surface area contributed by atoms with Gasteiger partial charge in [0.15, 0.2) is 17.7 Å². The molecule has 1 saturated heterocycles. The number of sulfonamides is 1. The molecule has 0 aliphatic carbocycles. The third-order valence-corrected chi connectivity index (χ3v) is 7.40. The van der Waals surface area contributed by atoms with E-state index in [0.29, 0.717) is 15.8 Å². The number of aliphatic hydroxyl groups is 2. The molecule has 0 unspecified atom stereocenters. The fourth-order valence-electron chi connectivity index (χ4n) is 4.23. The monoisotopic (exact) mass is 660 g/mol. The van der Waals surface area contributed by atoms with Crippen molar-refractivity contribution in [3.05, 3.63) is 82.8 Å². The van der Waals surface area contributed by atoms with Gasteiger partial charge in [-0.15, -0.1) is 0 Å². The number of ether oxygens (including phenoxy) is 2. The summed E-state index contributed by atoms with van der Waals surface area (Å²) in [6, 6.07) is 11.5. The average molecular weight is 661 g/mol. The van der Waals surface area contributed by atoms with Gasteiger partial charge in [0.1, 0.15) is 17.6 Å². The maximum atomic E-state index is 14.0. The Balaban J connectivity index is 0.000000222. The van der Waals surface area contributed by atoms with Crippen molar-refractivity contribution in [1.82, 2.24) is 19.3 Å². The second-order valence-electron chi connectivity index (χ2n) is 9.43. The Labute approximate surface area is 251 Å². The molecule has 242 valence electrons. The summed E-state index contributed by atoms with van der Waals surface area (Å²) in [6.07, 6.45) is -7.52. The summed E-state index contributed by atoms with van der Waals surface area (Å²) in [4.78, 5) is 14.6. The zero-order valence-corrected chi connectivity index (χ0v) is 23.8. The number of alkyl halides is 4. The number of anilines is 1. The molecule has 6 N–H and O–H groups in total. The first-order valence-electron chi connectivity index (χ1n) is 12.6. The van der Waals surface area contributed by atoms with E-state index in [-0.39, 0.29) is 22.2 Å². The highest BCUT2D eigenvalue weighted by Gasteiger charge is 2.59. The second kappa shape index (κ2) is 12.9. The largest absolute Gasteiger partial charge is 0.494 e. The first-order chi connectivity index (χ1) is 21.1. The van der Waals surface area contributed by atoms with Crippen LogP contribution in [0.4, 0.5) is 27.8 Å². The van der Waals surface area contributed by atoms with Crippen LogP contribution in [0.25, 0.3) is 16.9 Å². The van der Waals surface area contributed by atoms with Crippen LogP contribution >= 0.6 is 0 Å². The smallest absolute Gasteiger partial charge is 0.351 e. The van der Waals surface area contributed by atoms with Gasteiger partial charge in [-0.3, -0.25) is 4.57 Å². The maximum Gasteiger partial charge on any atom is 0.351 e. The highest BCUT2D eigenvalue weighted by atomic mass is 32.2. The minimum absolute atomic E-state index is 0.0106. The van der Waals surface area contributed by atoms with E-state index < -0.39 is 64.6 Å². The van der Waals surface area contributed by atoms with Crippen molar-refractivity contribution in [2.75, 3.05) is 19.5 Å². The van der Waals surface area contributed by atoms with Crippen molar-refractivity contribution < 1.29 is 50.1 Å². The van der Waals surface area contributed by atoms with Crippen LogP contribution in [-0.4, -0.2) is 69.8 Å². The summed E-state index contributed by atoms with van der Waals surface area (Å²) in [6.45, 7) is -0.787. The molecule has 2 aromatic carbocycles. The van der Waals surface area contributed by atoms with Crippen molar-refractivity contribution in [3.8, 4) is 22.7 Å². The Hall–Kier alpha value is -4.43.